The highest BCUT2D eigenvalue weighted by Gasteiger charge is 2.06. The van der Waals surface area contributed by atoms with Gasteiger partial charge in [-0.2, -0.15) is 0 Å². The molecule has 5 nitrogen and oxygen atoms in total. The van der Waals surface area contributed by atoms with Crippen molar-refractivity contribution < 1.29 is 14.3 Å². The van der Waals surface area contributed by atoms with Gasteiger partial charge in [0.05, 0.1) is 11.4 Å². The third kappa shape index (κ3) is 9.68. The number of halogens is 3. The number of nitrogens with zero attached hydrogens (tertiary/aromatic N) is 1. The number of carbonyl (C=O) groups excluding carboxylic acids is 1. The molecule has 1 heterocycles. The van der Waals surface area contributed by atoms with Gasteiger partial charge >= 0.3 is 0 Å². The summed E-state index contributed by atoms with van der Waals surface area (Å²) in [7, 11) is 0. The minimum Gasteiger partial charge on any atom is -0.489 e. The first-order chi connectivity index (χ1) is 20.0. The summed E-state index contributed by atoms with van der Waals surface area (Å²) in [6.07, 6.45) is 0.302. The van der Waals surface area contributed by atoms with Crippen molar-refractivity contribution in [2.75, 3.05) is 11.2 Å². The number of ether oxygens (including phenoxy) is 2. The summed E-state index contributed by atoms with van der Waals surface area (Å²) in [5, 5.41) is 4.22. The average Bonchev–Trinajstić information content (AvgIpc) is 3.00. The number of hydrogen-bond acceptors (Lipinski definition) is 4. The number of aromatic nitrogens is 1. The second-order valence-electron chi connectivity index (χ2n) is 8.99. The Labute approximate surface area is 255 Å². The molecule has 0 saturated heterocycles. The molecular formula is C33H29Cl3N2O3. The van der Waals surface area contributed by atoms with Gasteiger partial charge in [-0.3, -0.25) is 4.79 Å². The largest absolute Gasteiger partial charge is 0.489 e. The molecule has 1 aromatic heterocycles. The van der Waals surface area contributed by atoms with Gasteiger partial charge in [0.2, 0.25) is 5.91 Å². The number of alkyl halides is 2. The molecule has 0 aliphatic carbocycles. The summed E-state index contributed by atoms with van der Waals surface area (Å²) in [6, 6.07) is 35.0. The van der Waals surface area contributed by atoms with Gasteiger partial charge in [-0.25, -0.2) is 4.98 Å². The Morgan fingerprint density at radius 3 is 1.98 bits per heavy atom. The van der Waals surface area contributed by atoms with Crippen LogP contribution in [0.1, 0.15) is 23.1 Å². The first-order valence-corrected chi connectivity index (χ1v) is 14.4. The molecule has 0 fully saturated rings. The molecule has 5 rings (SSSR count). The summed E-state index contributed by atoms with van der Waals surface area (Å²) >= 11 is 17.5. The maximum absolute atomic E-state index is 11.5. The van der Waals surface area contributed by atoms with Crippen LogP contribution in [-0.2, 0) is 23.9 Å². The van der Waals surface area contributed by atoms with Crippen LogP contribution in [0, 0.1) is 0 Å². The van der Waals surface area contributed by atoms with Gasteiger partial charge in [-0.1, -0.05) is 78.3 Å². The van der Waals surface area contributed by atoms with E-state index in [0.29, 0.717) is 42.2 Å². The first-order valence-electron chi connectivity index (χ1n) is 13.0. The summed E-state index contributed by atoms with van der Waals surface area (Å²) in [5.74, 6) is 2.07. The van der Waals surface area contributed by atoms with Crippen LogP contribution in [0.15, 0.2) is 109 Å². The molecule has 0 bridgehead atoms. The zero-order chi connectivity index (χ0) is 28.9. The molecule has 8 heteroatoms. The fraction of sp³-hybridized carbons (Fsp3) is 0.152. The molecule has 0 spiro atoms. The van der Waals surface area contributed by atoms with Crippen LogP contribution < -0.4 is 14.8 Å². The maximum atomic E-state index is 11.5. The SMILES string of the molecule is ClCc1cc2ccc(OCc3ccccc3)cc2nc1Cl.O=C(CCCl)Nc1cccc(OCc2ccccc2)c1. The number of fused-ring (bicyclic) bond motifs is 1. The molecule has 0 atom stereocenters. The van der Waals surface area contributed by atoms with Crippen molar-refractivity contribution >= 4 is 57.3 Å². The van der Waals surface area contributed by atoms with Gasteiger partial charge in [0.1, 0.15) is 29.9 Å². The lowest BCUT2D eigenvalue weighted by molar-refractivity contribution is -0.115. The highest BCUT2D eigenvalue weighted by Crippen LogP contribution is 2.25. The molecule has 41 heavy (non-hydrogen) atoms. The predicted molar refractivity (Wildman–Crippen MR) is 168 cm³/mol. The first kappa shape index (κ1) is 30.2. The Balaban J connectivity index is 0.000000189. The van der Waals surface area contributed by atoms with Crippen LogP contribution in [-0.4, -0.2) is 16.8 Å². The monoisotopic (exact) mass is 606 g/mol. The van der Waals surface area contributed by atoms with Gasteiger partial charge < -0.3 is 14.8 Å². The van der Waals surface area contributed by atoms with E-state index in [0.717, 1.165) is 39.1 Å². The zero-order valence-corrected chi connectivity index (χ0v) is 24.5. The number of amides is 1. The second kappa shape index (κ2) is 15.9. The van der Waals surface area contributed by atoms with E-state index in [4.69, 9.17) is 44.3 Å². The summed E-state index contributed by atoms with van der Waals surface area (Å²) in [4.78, 5) is 15.8. The fourth-order valence-electron chi connectivity index (χ4n) is 3.81. The van der Waals surface area contributed by atoms with Crippen LogP contribution in [0.25, 0.3) is 10.9 Å². The molecule has 0 unspecified atom stereocenters. The number of rotatable bonds is 10. The lowest BCUT2D eigenvalue weighted by Crippen LogP contribution is -2.11. The molecule has 1 amide bonds. The van der Waals surface area contributed by atoms with E-state index < -0.39 is 0 Å². The summed E-state index contributed by atoms with van der Waals surface area (Å²) in [6.45, 7) is 1.03. The van der Waals surface area contributed by atoms with Crippen molar-refractivity contribution in [3.8, 4) is 11.5 Å². The van der Waals surface area contributed by atoms with Gasteiger partial charge in [0.15, 0.2) is 0 Å². The van der Waals surface area contributed by atoms with Crippen molar-refractivity contribution in [3.05, 3.63) is 131 Å². The molecule has 0 aliphatic rings. The van der Waals surface area contributed by atoms with Crippen molar-refractivity contribution in [2.45, 2.75) is 25.5 Å². The normalized spacial score (nSPS) is 10.4. The number of benzene rings is 4. The molecule has 1 N–H and O–H groups in total. The molecule has 5 aromatic rings. The summed E-state index contributed by atoms with van der Waals surface area (Å²) < 4.78 is 11.5. The maximum Gasteiger partial charge on any atom is 0.225 e. The van der Waals surface area contributed by atoms with E-state index in [9.17, 15) is 4.79 Å². The van der Waals surface area contributed by atoms with Crippen LogP contribution in [0.2, 0.25) is 5.15 Å². The second-order valence-corrected chi connectivity index (χ2v) is 9.99. The van der Waals surface area contributed by atoms with E-state index in [2.05, 4.69) is 10.3 Å². The summed E-state index contributed by atoms with van der Waals surface area (Å²) in [5.41, 5.74) is 4.58. The van der Waals surface area contributed by atoms with Crippen molar-refractivity contribution in [2.24, 2.45) is 0 Å². The van der Waals surface area contributed by atoms with E-state index in [1.807, 2.05) is 103 Å². The van der Waals surface area contributed by atoms with Gasteiger partial charge in [0.25, 0.3) is 0 Å². The van der Waals surface area contributed by atoms with Gasteiger partial charge in [-0.15, -0.1) is 23.2 Å². The standard InChI is InChI=1S/C17H13Cl2NO.C16H16ClNO2/c18-10-14-8-13-6-7-15(9-16(13)20-17(14)19)21-11-12-4-2-1-3-5-12;17-10-9-16(19)18-14-7-4-8-15(11-14)20-12-13-5-2-1-3-6-13/h1-9H,10-11H2;1-8,11H,9-10,12H2,(H,18,19). The van der Waals surface area contributed by atoms with E-state index in [1.54, 1.807) is 6.07 Å². The fourth-order valence-corrected chi connectivity index (χ4v) is 4.46. The van der Waals surface area contributed by atoms with Gasteiger partial charge in [0, 0.05) is 41.1 Å². The van der Waals surface area contributed by atoms with Crippen LogP contribution in [0.5, 0.6) is 11.5 Å². The van der Waals surface area contributed by atoms with E-state index >= 15 is 0 Å². The third-order valence-corrected chi connectivity index (χ3v) is 6.70. The van der Waals surface area contributed by atoms with Crippen molar-refractivity contribution in [1.82, 2.24) is 4.98 Å². The Hall–Kier alpha value is -3.77. The Morgan fingerprint density at radius 2 is 1.37 bits per heavy atom. The zero-order valence-electron chi connectivity index (χ0n) is 22.2. The number of anilines is 1. The lowest BCUT2D eigenvalue weighted by Gasteiger charge is -2.09. The van der Waals surface area contributed by atoms with E-state index in [-0.39, 0.29) is 5.91 Å². The highest BCUT2D eigenvalue weighted by atomic mass is 35.5. The Morgan fingerprint density at radius 1 is 0.732 bits per heavy atom. The Bertz CT molecular complexity index is 1550. The molecule has 4 aromatic carbocycles. The van der Waals surface area contributed by atoms with Gasteiger partial charge in [-0.05, 0) is 41.5 Å². The average molecular weight is 608 g/mol. The van der Waals surface area contributed by atoms with Crippen LogP contribution in [0.3, 0.4) is 0 Å². The quantitative estimate of drug-likeness (QED) is 0.127. The van der Waals surface area contributed by atoms with Crippen molar-refractivity contribution in [1.29, 1.82) is 0 Å². The predicted octanol–water partition coefficient (Wildman–Crippen LogP) is 9.04. The number of pyridine rings is 1. The topological polar surface area (TPSA) is 60.5 Å². The molecule has 0 radical (unpaired) electrons. The van der Waals surface area contributed by atoms with Crippen LogP contribution >= 0.6 is 34.8 Å². The van der Waals surface area contributed by atoms with E-state index in [1.165, 1.54) is 0 Å². The third-order valence-electron chi connectivity index (χ3n) is 5.90. The molecular weight excluding hydrogens is 579 g/mol. The number of hydrogen-bond donors (Lipinski definition) is 1. The highest BCUT2D eigenvalue weighted by molar-refractivity contribution is 6.31. The molecule has 0 aliphatic heterocycles. The Kier molecular flexibility index (Phi) is 11.7. The van der Waals surface area contributed by atoms with Crippen LogP contribution in [0.4, 0.5) is 5.69 Å². The molecule has 0 saturated carbocycles. The van der Waals surface area contributed by atoms with Crippen molar-refractivity contribution in [3.63, 3.8) is 0 Å². The number of nitrogens with one attached hydrogen (secondary N) is 1. The minimum absolute atomic E-state index is 0.0970. The number of carbonyl (C=O) groups is 1. The molecule has 210 valence electrons. The lowest BCUT2D eigenvalue weighted by atomic mass is 10.1. The smallest absolute Gasteiger partial charge is 0.225 e. The minimum atomic E-state index is -0.0970.